The lowest BCUT2D eigenvalue weighted by Crippen LogP contribution is -2.64. The van der Waals surface area contributed by atoms with E-state index < -0.39 is 5.54 Å². The van der Waals surface area contributed by atoms with Crippen molar-refractivity contribution in [1.82, 2.24) is 0 Å². The van der Waals surface area contributed by atoms with E-state index in [1.54, 1.807) is 0 Å². The van der Waals surface area contributed by atoms with Crippen LogP contribution in [0.25, 0.3) is 0 Å². The first-order chi connectivity index (χ1) is 5.93. The lowest BCUT2D eigenvalue weighted by molar-refractivity contribution is -0.108. The number of fused-ring (bicyclic) bond motifs is 2. The van der Waals surface area contributed by atoms with Crippen LogP contribution in [0.15, 0.2) is 5.18 Å². The van der Waals surface area contributed by atoms with Crippen molar-refractivity contribution in [3.05, 3.63) is 4.91 Å². The molecule has 0 saturated heterocycles. The van der Waals surface area contributed by atoms with Gasteiger partial charge in [0.1, 0.15) is 5.54 Å². The Morgan fingerprint density at radius 1 is 1.31 bits per heavy atom. The van der Waals surface area contributed by atoms with E-state index in [9.17, 15) is 4.91 Å². The van der Waals surface area contributed by atoms with Crippen molar-refractivity contribution in [3.63, 3.8) is 0 Å². The predicted molar refractivity (Wildman–Crippen MR) is 53.8 cm³/mol. The molecule has 0 N–H and O–H groups in total. The predicted octanol–water partition coefficient (Wildman–Crippen LogP) is 3.18. The number of halogens is 1. The first-order valence-corrected chi connectivity index (χ1v) is 5.35. The van der Waals surface area contributed by atoms with Crippen LogP contribution in [-0.4, -0.2) is 10.9 Å². The molecule has 0 aromatic rings. The fraction of sp³-hybridized carbons (Fsp3) is 1.00. The maximum atomic E-state index is 10.9. The van der Waals surface area contributed by atoms with Gasteiger partial charge in [-0.1, -0.05) is 19.0 Å². The molecular formula is C10H16ClNO. The third kappa shape index (κ3) is 0.955. The second-order valence-corrected chi connectivity index (χ2v) is 5.85. The summed E-state index contributed by atoms with van der Waals surface area (Å²) in [7, 11) is 0. The van der Waals surface area contributed by atoms with Gasteiger partial charge in [-0.05, 0) is 37.0 Å². The number of rotatable bonds is 1. The first-order valence-electron chi connectivity index (χ1n) is 4.91. The van der Waals surface area contributed by atoms with Crippen LogP contribution in [0, 0.1) is 22.2 Å². The van der Waals surface area contributed by atoms with Gasteiger partial charge in [0.25, 0.3) is 0 Å². The van der Waals surface area contributed by atoms with Crippen molar-refractivity contribution in [2.45, 2.75) is 44.5 Å². The van der Waals surface area contributed by atoms with E-state index in [0.29, 0.717) is 11.8 Å². The van der Waals surface area contributed by atoms with Gasteiger partial charge < -0.3 is 0 Å². The van der Waals surface area contributed by atoms with E-state index in [4.69, 9.17) is 11.6 Å². The van der Waals surface area contributed by atoms with Gasteiger partial charge >= 0.3 is 0 Å². The minimum absolute atomic E-state index is 0.0539. The van der Waals surface area contributed by atoms with Crippen LogP contribution in [0.1, 0.15) is 33.6 Å². The smallest absolute Gasteiger partial charge is 0.119 e. The Bertz CT molecular complexity index is 253. The summed E-state index contributed by atoms with van der Waals surface area (Å²) in [5, 5.41) is 3.24. The van der Waals surface area contributed by atoms with Gasteiger partial charge in [-0.15, -0.1) is 11.6 Å². The maximum Gasteiger partial charge on any atom is 0.119 e. The maximum absolute atomic E-state index is 10.9. The van der Waals surface area contributed by atoms with Crippen molar-refractivity contribution in [2.75, 3.05) is 0 Å². The van der Waals surface area contributed by atoms with Crippen molar-refractivity contribution in [3.8, 4) is 0 Å². The molecule has 2 bridgehead atoms. The standard InChI is InChI=1S/C10H16ClNO/c1-9(2)6-4-7(9)10(3,12-13)8(11)5-6/h6-8H,4-5H2,1-3H3. The highest BCUT2D eigenvalue weighted by Gasteiger charge is 2.64. The highest BCUT2D eigenvalue weighted by molar-refractivity contribution is 6.21. The molecule has 3 fully saturated rings. The van der Waals surface area contributed by atoms with Gasteiger partial charge in [-0.25, -0.2) is 0 Å². The van der Waals surface area contributed by atoms with Gasteiger partial charge in [-0.3, -0.25) is 0 Å². The quantitative estimate of drug-likeness (QED) is 0.473. The molecule has 2 nitrogen and oxygen atoms in total. The molecule has 0 spiro atoms. The Morgan fingerprint density at radius 2 is 1.92 bits per heavy atom. The number of hydrogen-bond acceptors (Lipinski definition) is 2. The molecule has 0 aromatic carbocycles. The van der Waals surface area contributed by atoms with Crippen LogP contribution in [0.5, 0.6) is 0 Å². The number of nitrogens with zero attached hydrogens (tertiary/aromatic N) is 1. The second-order valence-electron chi connectivity index (χ2n) is 5.33. The summed E-state index contributed by atoms with van der Waals surface area (Å²) in [5.41, 5.74) is -0.256. The summed E-state index contributed by atoms with van der Waals surface area (Å²) in [5.74, 6) is 1.09. The molecule has 0 aromatic heterocycles. The normalized spacial score (nSPS) is 52.5. The number of nitroso groups, excluding NO2 is 1. The molecule has 3 heteroatoms. The molecule has 0 radical (unpaired) electrons. The molecule has 3 aliphatic rings. The molecule has 13 heavy (non-hydrogen) atoms. The second kappa shape index (κ2) is 2.47. The monoisotopic (exact) mass is 201 g/mol. The number of alkyl halides is 1. The Kier molecular flexibility index (Phi) is 1.80. The van der Waals surface area contributed by atoms with E-state index in [-0.39, 0.29) is 10.8 Å². The summed E-state index contributed by atoms with van der Waals surface area (Å²) in [6, 6.07) is 0. The fourth-order valence-corrected chi connectivity index (χ4v) is 3.64. The largest absolute Gasteiger partial charge is 0.150 e. The Labute approximate surface area is 84.0 Å². The SMILES string of the molecule is CC1(C)C2CC(Cl)C(C)(N=O)C1C2. The Hall–Kier alpha value is -0.110. The molecule has 0 aliphatic heterocycles. The van der Waals surface area contributed by atoms with E-state index in [1.807, 2.05) is 6.92 Å². The lowest BCUT2D eigenvalue weighted by atomic mass is 9.43. The van der Waals surface area contributed by atoms with Crippen molar-refractivity contribution < 1.29 is 0 Å². The average molecular weight is 202 g/mol. The zero-order chi connectivity index (χ0) is 9.85. The molecule has 4 atom stereocenters. The fourth-order valence-electron chi connectivity index (χ4n) is 3.24. The number of hydrogen-bond donors (Lipinski definition) is 0. The summed E-state index contributed by atoms with van der Waals surface area (Å²) in [6.45, 7) is 6.38. The van der Waals surface area contributed by atoms with Crippen molar-refractivity contribution in [1.29, 1.82) is 0 Å². The van der Waals surface area contributed by atoms with Gasteiger partial charge in [-0.2, -0.15) is 4.91 Å². The van der Waals surface area contributed by atoms with Gasteiger partial charge in [0.2, 0.25) is 0 Å². The molecule has 3 aliphatic carbocycles. The topological polar surface area (TPSA) is 29.4 Å². The molecule has 0 amide bonds. The highest BCUT2D eigenvalue weighted by Crippen LogP contribution is 2.64. The van der Waals surface area contributed by atoms with Crippen LogP contribution >= 0.6 is 11.6 Å². The van der Waals surface area contributed by atoms with E-state index in [2.05, 4.69) is 19.0 Å². The summed E-state index contributed by atoms with van der Waals surface area (Å²) >= 11 is 6.18. The Balaban J connectivity index is 2.32. The first kappa shape index (κ1) is 9.45. The van der Waals surface area contributed by atoms with Crippen LogP contribution in [0.2, 0.25) is 0 Å². The summed E-state index contributed by atoms with van der Waals surface area (Å²) < 4.78 is 0. The van der Waals surface area contributed by atoms with E-state index in [1.165, 1.54) is 0 Å². The van der Waals surface area contributed by atoms with Crippen molar-refractivity contribution >= 4 is 11.6 Å². The average Bonchev–Trinajstić information content (AvgIpc) is 2.08. The molecule has 74 valence electrons. The van der Waals surface area contributed by atoms with Gasteiger partial charge in [0.05, 0.1) is 5.38 Å². The summed E-state index contributed by atoms with van der Waals surface area (Å²) in [6.07, 6.45) is 2.09. The molecule has 3 saturated carbocycles. The van der Waals surface area contributed by atoms with Crippen LogP contribution < -0.4 is 0 Å². The third-order valence-electron chi connectivity index (χ3n) is 4.50. The minimum Gasteiger partial charge on any atom is -0.150 e. The van der Waals surface area contributed by atoms with Crippen molar-refractivity contribution in [2.24, 2.45) is 22.4 Å². The minimum atomic E-state index is -0.528. The van der Waals surface area contributed by atoms with Crippen LogP contribution in [0.3, 0.4) is 0 Å². The molecular weight excluding hydrogens is 186 g/mol. The molecule has 4 unspecified atom stereocenters. The van der Waals surface area contributed by atoms with Gasteiger partial charge in [0, 0.05) is 0 Å². The van der Waals surface area contributed by atoms with E-state index >= 15 is 0 Å². The molecule has 3 rings (SSSR count). The summed E-state index contributed by atoms with van der Waals surface area (Å²) in [4.78, 5) is 10.9. The lowest BCUT2D eigenvalue weighted by Gasteiger charge is -2.63. The Morgan fingerprint density at radius 3 is 2.31 bits per heavy atom. The van der Waals surface area contributed by atoms with Gasteiger partial charge in [0.15, 0.2) is 0 Å². The van der Waals surface area contributed by atoms with Crippen LogP contribution in [-0.2, 0) is 0 Å². The third-order valence-corrected chi connectivity index (χ3v) is 5.12. The highest BCUT2D eigenvalue weighted by atomic mass is 35.5. The molecule has 0 heterocycles. The van der Waals surface area contributed by atoms with Crippen LogP contribution in [0.4, 0.5) is 0 Å². The zero-order valence-corrected chi connectivity index (χ0v) is 9.14. The van der Waals surface area contributed by atoms with E-state index in [0.717, 1.165) is 12.8 Å². The zero-order valence-electron chi connectivity index (χ0n) is 8.38.